The Labute approximate surface area is 110 Å². The Hall–Kier alpha value is -1.47. The molecule has 1 rings (SSSR count). The second kappa shape index (κ2) is 8.60. The number of nitrogens with zero attached hydrogens (tertiary/aromatic N) is 1. The van der Waals surface area contributed by atoms with E-state index in [0.717, 1.165) is 30.2 Å². The maximum Gasteiger partial charge on any atom is 0.328 e. The molecule has 6 nitrogen and oxygen atoms in total. The van der Waals surface area contributed by atoms with Crippen LogP contribution in [0.1, 0.15) is 19.8 Å². The highest BCUT2D eigenvalue weighted by Crippen LogP contribution is 1.87. The average Bonchev–Trinajstić information content (AvgIpc) is 2.38. The van der Waals surface area contributed by atoms with Crippen LogP contribution in [0.4, 0.5) is 4.39 Å². The van der Waals surface area contributed by atoms with Crippen molar-refractivity contribution in [1.29, 1.82) is 0 Å². The van der Waals surface area contributed by atoms with E-state index in [-0.39, 0.29) is 0 Å². The van der Waals surface area contributed by atoms with Crippen LogP contribution in [0, 0.1) is 5.82 Å². The zero-order chi connectivity index (χ0) is 14.1. The van der Waals surface area contributed by atoms with Crippen molar-refractivity contribution in [2.75, 3.05) is 26.3 Å². The van der Waals surface area contributed by atoms with E-state index in [1.807, 2.05) is 4.98 Å². The van der Waals surface area contributed by atoms with Gasteiger partial charge in [-0.25, -0.2) is 4.79 Å². The summed E-state index contributed by atoms with van der Waals surface area (Å²) >= 11 is 0. The number of unbranched alkanes of at least 4 members (excludes halogenated alkanes) is 1. The fraction of sp³-hybridized carbons (Fsp3) is 0.667. The molecule has 0 spiro atoms. The van der Waals surface area contributed by atoms with Crippen molar-refractivity contribution < 1.29 is 9.13 Å². The van der Waals surface area contributed by atoms with Crippen LogP contribution in [0.25, 0.3) is 0 Å². The zero-order valence-corrected chi connectivity index (χ0v) is 11.1. The van der Waals surface area contributed by atoms with Crippen LogP contribution in [-0.2, 0) is 11.3 Å². The molecule has 19 heavy (non-hydrogen) atoms. The van der Waals surface area contributed by atoms with Crippen molar-refractivity contribution in [2.45, 2.75) is 26.3 Å². The lowest BCUT2D eigenvalue weighted by Gasteiger charge is -2.07. The third-order valence-corrected chi connectivity index (χ3v) is 2.56. The first-order valence-corrected chi connectivity index (χ1v) is 6.43. The summed E-state index contributed by atoms with van der Waals surface area (Å²) in [6.07, 6.45) is 3.07. The van der Waals surface area contributed by atoms with Crippen LogP contribution in [0.2, 0.25) is 0 Å². The molecule has 0 unspecified atom stereocenters. The van der Waals surface area contributed by atoms with Gasteiger partial charge in [0, 0.05) is 26.2 Å². The van der Waals surface area contributed by atoms with Gasteiger partial charge in [0.15, 0.2) is 0 Å². The highest BCUT2D eigenvalue weighted by molar-refractivity contribution is 4.87. The number of ether oxygens (including phenoxy) is 1. The first-order valence-electron chi connectivity index (χ1n) is 6.43. The van der Waals surface area contributed by atoms with Crippen LogP contribution in [0.3, 0.4) is 0 Å². The molecule has 1 aromatic rings. The van der Waals surface area contributed by atoms with E-state index in [1.165, 1.54) is 0 Å². The summed E-state index contributed by atoms with van der Waals surface area (Å²) < 4.78 is 19.4. The lowest BCUT2D eigenvalue weighted by molar-refractivity contribution is 0.133. The molecule has 0 atom stereocenters. The maximum atomic E-state index is 13.0. The number of halogens is 1. The van der Waals surface area contributed by atoms with Gasteiger partial charge < -0.3 is 10.1 Å². The third-order valence-electron chi connectivity index (χ3n) is 2.56. The molecule has 0 aliphatic rings. The van der Waals surface area contributed by atoms with E-state index in [0.29, 0.717) is 26.2 Å². The molecule has 1 aromatic heterocycles. The zero-order valence-electron chi connectivity index (χ0n) is 11.1. The molecular weight excluding hydrogens is 253 g/mol. The number of aromatic nitrogens is 2. The Morgan fingerprint density at radius 1 is 1.37 bits per heavy atom. The largest absolute Gasteiger partial charge is 0.380 e. The van der Waals surface area contributed by atoms with Crippen molar-refractivity contribution in [3.63, 3.8) is 0 Å². The lowest BCUT2D eigenvalue weighted by Crippen LogP contribution is -2.34. The predicted molar refractivity (Wildman–Crippen MR) is 69.9 cm³/mol. The molecule has 0 saturated heterocycles. The lowest BCUT2D eigenvalue weighted by atomic mass is 10.4. The summed E-state index contributed by atoms with van der Waals surface area (Å²) in [7, 11) is 0. The van der Waals surface area contributed by atoms with Gasteiger partial charge in [-0.1, -0.05) is 13.3 Å². The van der Waals surface area contributed by atoms with E-state index in [2.05, 4.69) is 12.2 Å². The Kier molecular flexibility index (Phi) is 7.06. The molecular formula is C12H20FN3O3. The molecule has 7 heteroatoms. The van der Waals surface area contributed by atoms with E-state index in [9.17, 15) is 14.0 Å². The molecule has 2 N–H and O–H groups in total. The van der Waals surface area contributed by atoms with Gasteiger partial charge in [0.05, 0.1) is 12.8 Å². The maximum absolute atomic E-state index is 13.0. The fourth-order valence-corrected chi connectivity index (χ4v) is 1.47. The van der Waals surface area contributed by atoms with Crippen LogP contribution in [0.5, 0.6) is 0 Å². The van der Waals surface area contributed by atoms with Gasteiger partial charge in [-0.15, -0.1) is 0 Å². The standard InChI is InChI=1S/C12H20FN3O3/c1-2-3-7-19-8-5-14-4-6-16-9-10(13)11(17)15-12(16)18/h9,14H,2-8H2,1H3,(H,15,17,18). The summed E-state index contributed by atoms with van der Waals surface area (Å²) in [6, 6.07) is 0. The number of nitrogens with one attached hydrogen (secondary N) is 2. The number of aromatic amines is 1. The van der Waals surface area contributed by atoms with E-state index in [4.69, 9.17) is 4.74 Å². The molecule has 0 radical (unpaired) electrons. The number of hydrogen-bond acceptors (Lipinski definition) is 4. The second-order valence-electron chi connectivity index (χ2n) is 4.15. The first-order chi connectivity index (χ1) is 9.15. The molecule has 0 amide bonds. The minimum absolute atomic E-state index is 0.293. The molecule has 0 aliphatic heterocycles. The third kappa shape index (κ3) is 5.80. The molecule has 0 fully saturated rings. The Morgan fingerprint density at radius 3 is 2.89 bits per heavy atom. The summed E-state index contributed by atoms with van der Waals surface area (Å²) in [4.78, 5) is 24.0. The van der Waals surface area contributed by atoms with Gasteiger partial charge >= 0.3 is 5.69 Å². The molecule has 1 heterocycles. The SMILES string of the molecule is CCCCOCCNCCn1cc(F)c(=O)[nH]c1=O. The predicted octanol–water partition coefficient (Wildman–Crippen LogP) is 0.0820. The highest BCUT2D eigenvalue weighted by Gasteiger charge is 2.02. The molecule has 0 bridgehead atoms. The van der Waals surface area contributed by atoms with Gasteiger partial charge in [-0.2, -0.15) is 4.39 Å². The van der Waals surface area contributed by atoms with Crippen LogP contribution in [-0.4, -0.2) is 35.9 Å². The summed E-state index contributed by atoms with van der Waals surface area (Å²) in [5, 5.41) is 3.07. The summed E-state index contributed by atoms with van der Waals surface area (Å²) in [5.41, 5.74) is -1.59. The molecule has 0 aliphatic carbocycles. The van der Waals surface area contributed by atoms with Crippen molar-refractivity contribution in [3.8, 4) is 0 Å². The molecule has 0 aromatic carbocycles. The normalized spacial score (nSPS) is 10.8. The quantitative estimate of drug-likeness (QED) is 0.625. The van der Waals surface area contributed by atoms with E-state index in [1.54, 1.807) is 0 Å². The number of hydrogen-bond donors (Lipinski definition) is 2. The van der Waals surface area contributed by atoms with Gasteiger partial charge in [-0.3, -0.25) is 14.3 Å². The van der Waals surface area contributed by atoms with Crippen LogP contribution < -0.4 is 16.6 Å². The molecule has 0 saturated carbocycles. The average molecular weight is 273 g/mol. The minimum Gasteiger partial charge on any atom is -0.380 e. The van der Waals surface area contributed by atoms with Crippen LogP contribution >= 0.6 is 0 Å². The Bertz CT molecular complexity index is 484. The van der Waals surface area contributed by atoms with Crippen molar-refractivity contribution in [3.05, 3.63) is 32.9 Å². The van der Waals surface area contributed by atoms with Gasteiger partial charge in [0.25, 0.3) is 5.56 Å². The topological polar surface area (TPSA) is 76.1 Å². The fourth-order valence-electron chi connectivity index (χ4n) is 1.47. The minimum atomic E-state index is -0.987. The van der Waals surface area contributed by atoms with Gasteiger partial charge in [-0.05, 0) is 6.42 Å². The van der Waals surface area contributed by atoms with Gasteiger partial charge in [0.2, 0.25) is 5.82 Å². The molecule has 108 valence electrons. The smallest absolute Gasteiger partial charge is 0.328 e. The summed E-state index contributed by atoms with van der Waals surface area (Å²) in [6.45, 7) is 4.93. The second-order valence-corrected chi connectivity index (χ2v) is 4.15. The van der Waals surface area contributed by atoms with E-state index < -0.39 is 17.1 Å². The van der Waals surface area contributed by atoms with Crippen molar-refractivity contribution in [2.24, 2.45) is 0 Å². The number of H-pyrrole nitrogens is 1. The van der Waals surface area contributed by atoms with Crippen molar-refractivity contribution >= 4 is 0 Å². The van der Waals surface area contributed by atoms with Gasteiger partial charge in [0.1, 0.15) is 0 Å². The van der Waals surface area contributed by atoms with Crippen molar-refractivity contribution in [1.82, 2.24) is 14.9 Å². The Morgan fingerprint density at radius 2 is 2.16 bits per heavy atom. The Balaban J connectivity index is 2.21. The van der Waals surface area contributed by atoms with Crippen LogP contribution in [0.15, 0.2) is 15.8 Å². The summed E-state index contributed by atoms with van der Waals surface area (Å²) in [5.74, 6) is -0.956. The first kappa shape index (κ1) is 15.6. The number of rotatable bonds is 9. The monoisotopic (exact) mass is 273 g/mol. The van der Waals surface area contributed by atoms with E-state index >= 15 is 0 Å². The highest BCUT2D eigenvalue weighted by atomic mass is 19.1.